The summed E-state index contributed by atoms with van der Waals surface area (Å²) in [7, 11) is 0. The lowest BCUT2D eigenvalue weighted by atomic mass is 9.97. The Balaban J connectivity index is 2.02. The number of amides is 1. The molecule has 1 aliphatic rings. The highest BCUT2D eigenvalue weighted by molar-refractivity contribution is 6.53. The number of halogens is 2. The van der Waals surface area contributed by atoms with Gasteiger partial charge < -0.3 is 10.1 Å². The second-order valence-corrected chi connectivity index (χ2v) is 8.13. The summed E-state index contributed by atoms with van der Waals surface area (Å²) in [5.74, 6) is -0.610. The fraction of sp³-hybridized carbons (Fsp3) is 0.556. The first kappa shape index (κ1) is 19.1. The van der Waals surface area contributed by atoms with Gasteiger partial charge in [-0.2, -0.15) is 0 Å². The molecule has 0 heterocycles. The monoisotopic (exact) mass is 371 g/mol. The molecular weight excluding hydrogens is 349 g/mol. The molecule has 4 nitrogen and oxygen atoms in total. The van der Waals surface area contributed by atoms with Crippen molar-refractivity contribution in [1.29, 1.82) is 0 Å². The zero-order valence-electron chi connectivity index (χ0n) is 14.4. The first-order valence-electron chi connectivity index (χ1n) is 8.11. The Hall–Kier alpha value is -1.26. The Labute approximate surface area is 152 Å². The summed E-state index contributed by atoms with van der Waals surface area (Å²) < 4.78 is 4.15. The van der Waals surface area contributed by atoms with E-state index in [4.69, 9.17) is 27.9 Å². The summed E-state index contributed by atoms with van der Waals surface area (Å²) in [6, 6.07) is 7.63. The molecule has 2 rings (SSSR count). The number of benzene rings is 1. The van der Waals surface area contributed by atoms with E-state index in [1.165, 1.54) is 6.92 Å². The van der Waals surface area contributed by atoms with E-state index in [1.54, 1.807) is 6.92 Å². The van der Waals surface area contributed by atoms with Gasteiger partial charge in [0, 0.05) is 12.1 Å². The Bertz CT molecular complexity index is 647. The van der Waals surface area contributed by atoms with Crippen LogP contribution in [-0.2, 0) is 14.3 Å². The summed E-state index contributed by atoms with van der Waals surface area (Å²) in [5.41, 5.74) is 0.849. The van der Waals surface area contributed by atoms with Gasteiger partial charge in [0.2, 0.25) is 0 Å². The summed E-state index contributed by atoms with van der Waals surface area (Å²) in [6.07, 6.45) is 0.361. The molecular formula is C18H23Cl2NO3. The van der Waals surface area contributed by atoms with Crippen molar-refractivity contribution < 1.29 is 14.3 Å². The smallest absolute Gasteiger partial charge is 0.315 e. The van der Waals surface area contributed by atoms with Crippen molar-refractivity contribution in [2.45, 2.75) is 56.9 Å². The Morgan fingerprint density at radius 1 is 1.29 bits per heavy atom. The molecule has 0 aromatic heterocycles. The molecule has 0 radical (unpaired) electrons. The number of ether oxygens (including phenoxy) is 1. The molecule has 1 amide bonds. The lowest BCUT2D eigenvalue weighted by molar-refractivity contribution is -0.158. The van der Waals surface area contributed by atoms with Crippen LogP contribution >= 0.6 is 23.2 Å². The fourth-order valence-corrected chi connectivity index (χ4v) is 3.15. The second-order valence-electron chi connectivity index (χ2n) is 6.65. The van der Waals surface area contributed by atoms with Gasteiger partial charge in [-0.05, 0) is 37.8 Å². The molecule has 1 N–H and O–H groups in total. The largest absolute Gasteiger partial charge is 0.452 e. The number of carbonyl (C=O) groups excluding carboxylic acids is 2. The molecule has 0 bridgehead atoms. The van der Waals surface area contributed by atoms with E-state index in [2.05, 4.69) is 19.2 Å². The highest BCUT2D eigenvalue weighted by atomic mass is 35.5. The van der Waals surface area contributed by atoms with E-state index >= 15 is 0 Å². The maximum Gasteiger partial charge on any atom is 0.315 e. The third-order valence-electron chi connectivity index (χ3n) is 4.72. The number of carbonyl (C=O) groups is 2. The van der Waals surface area contributed by atoms with Crippen molar-refractivity contribution in [3.8, 4) is 0 Å². The normalized spacial score (nSPS) is 23.9. The average molecular weight is 372 g/mol. The van der Waals surface area contributed by atoms with Crippen molar-refractivity contribution in [3.63, 3.8) is 0 Å². The first-order chi connectivity index (χ1) is 11.1. The molecule has 0 spiro atoms. The topological polar surface area (TPSA) is 55.4 Å². The van der Waals surface area contributed by atoms with Crippen LogP contribution in [-0.4, -0.2) is 22.3 Å². The van der Waals surface area contributed by atoms with Crippen molar-refractivity contribution in [1.82, 2.24) is 0 Å². The standard InChI is InChI=1S/C18H23Cl2NO3/c1-5-11(2)13-8-6-7-9-14(13)21-15(22)12(3)24-16(23)17(4)10-18(17,19)20/h6-9,11-12H,5,10H2,1-4H3,(H,21,22). The molecule has 3 unspecified atom stereocenters. The third kappa shape index (κ3) is 3.70. The predicted octanol–water partition coefficient (Wildman–Crippen LogP) is 4.65. The number of anilines is 1. The maximum absolute atomic E-state index is 12.4. The van der Waals surface area contributed by atoms with Gasteiger partial charge in [0.05, 0.1) is 0 Å². The van der Waals surface area contributed by atoms with Crippen LogP contribution in [0.3, 0.4) is 0 Å². The Morgan fingerprint density at radius 2 is 1.88 bits per heavy atom. The van der Waals surface area contributed by atoms with E-state index < -0.39 is 21.8 Å². The minimum atomic E-state index is -1.11. The first-order valence-corrected chi connectivity index (χ1v) is 8.86. The van der Waals surface area contributed by atoms with Crippen LogP contribution in [0.4, 0.5) is 5.69 Å². The number of alkyl halides is 2. The zero-order valence-corrected chi connectivity index (χ0v) is 15.9. The van der Waals surface area contributed by atoms with Crippen LogP contribution in [0.1, 0.15) is 52.0 Å². The van der Waals surface area contributed by atoms with Crippen LogP contribution in [0, 0.1) is 5.41 Å². The number of esters is 1. The number of rotatable bonds is 6. The number of nitrogens with one attached hydrogen (secondary N) is 1. The molecule has 1 saturated carbocycles. The van der Waals surface area contributed by atoms with Crippen LogP contribution in [0.2, 0.25) is 0 Å². The predicted molar refractivity (Wildman–Crippen MR) is 96.5 cm³/mol. The highest BCUT2D eigenvalue weighted by Gasteiger charge is 2.69. The number of hydrogen-bond acceptors (Lipinski definition) is 3. The van der Waals surface area contributed by atoms with E-state index in [9.17, 15) is 9.59 Å². The van der Waals surface area contributed by atoms with Gasteiger partial charge in [-0.25, -0.2) is 0 Å². The van der Waals surface area contributed by atoms with Gasteiger partial charge in [0.1, 0.15) is 9.75 Å². The van der Waals surface area contributed by atoms with E-state index in [0.717, 1.165) is 17.7 Å². The molecule has 0 saturated heterocycles. The number of hydrogen-bond donors (Lipinski definition) is 1. The SMILES string of the molecule is CCC(C)c1ccccc1NC(=O)C(C)OC(=O)C1(C)CC1(Cl)Cl. The molecule has 1 fully saturated rings. The molecule has 1 aromatic rings. The summed E-state index contributed by atoms with van der Waals surface area (Å²) in [6.45, 7) is 7.37. The van der Waals surface area contributed by atoms with Gasteiger partial charge in [-0.3, -0.25) is 9.59 Å². The summed E-state index contributed by atoms with van der Waals surface area (Å²) in [5, 5.41) is 2.84. The maximum atomic E-state index is 12.4. The van der Waals surface area contributed by atoms with Crippen LogP contribution in [0.5, 0.6) is 0 Å². The van der Waals surface area contributed by atoms with Crippen molar-refractivity contribution in [2.24, 2.45) is 5.41 Å². The molecule has 6 heteroatoms. The second kappa shape index (κ2) is 6.93. The summed E-state index contributed by atoms with van der Waals surface area (Å²) in [4.78, 5) is 24.5. The van der Waals surface area contributed by atoms with Crippen LogP contribution in [0.25, 0.3) is 0 Å². The van der Waals surface area contributed by atoms with Gasteiger partial charge in [0.25, 0.3) is 5.91 Å². The quantitative estimate of drug-likeness (QED) is 0.584. The van der Waals surface area contributed by atoms with E-state index in [-0.39, 0.29) is 5.91 Å². The van der Waals surface area contributed by atoms with Crippen molar-refractivity contribution >= 4 is 40.8 Å². The zero-order chi connectivity index (χ0) is 18.1. The van der Waals surface area contributed by atoms with E-state index in [0.29, 0.717) is 12.3 Å². The number of para-hydroxylation sites is 1. The molecule has 1 aliphatic carbocycles. The Kier molecular flexibility index (Phi) is 5.50. The third-order valence-corrected chi connectivity index (χ3v) is 5.82. The molecule has 1 aromatic carbocycles. The molecule has 132 valence electrons. The Morgan fingerprint density at radius 3 is 2.42 bits per heavy atom. The van der Waals surface area contributed by atoms with Gasteiger partial charge in [-0.15, -0.1) is 23.2 Å². The molecule has 0 aliphatic heterocycles. The van der Waals surface area contributed by atoms with Crippen LogP contribution in [0.15, 0.2) is 24.3 Å². The minimum Gasteiger partial charge on any atom is -0.452 e. The molecule has 3 atom stereocenters. The summed E-state index contributed by atoms with van der Waals surface area (Å²) >= 11 is 11.9. The van der Waals surface area contributed by atoms with Gasteiger partial charge in [-0.1, -0.05) is 32.0 Å². The fourth-order valence-electron chi connectivity index (χ4n) is 2.46. The van der Waals surface area contributed by atoms with Crippen molar-refractivity contribution in [2.75, 3.05) is 5.32 Å². The average Bonchev–Trinajstić information content (AvgIpc) is 3.06. The lowest BCUT2D eigenvalue weighted by Gasteiger charge is -2.19. The molecule has 24 heavy (non-hydrogen) atoms. The lowest BCUT2D eigenvalue weighted by Crippen LogP contribution is -2.33. The van der Waals surface area contributed by atoms with E-state index in [1.807, 2.05) is 24.3 Å². The van der Waals surface area contributed by atoms with Gasteiger partial charge >= 0.3 is 5.97 Å². The van der Waals surface area contributed by atoms with Crippen LogP contribution < -0.4 is 5.32 Å². The van der Waals surface area contributed by atoms with Gasteiger partial charge in [0.15, 0.2) is 6.10 Å². The minimum absolute atomic E-state index is 0.317. The van der Waals surface area contributed by atoms with Crippen molar-refractivity contribution in [3.05, 3.63) is 29.8 Å². The highest BCUT2D eigenvalue weighted by Crippen LogP contribution is 2.64.